The molecule has 4 aliphatic rings. The Morgan fingerprint density at radius 1 is 0.688 bits per heavy atom. The van der Waals surface area contributed by atoms with E-state index in [1.54, 1.807) is 107 Å². The van der Waals surface area contributed by atoms with E-state index in [2.05, 4.69) is 26.8 Å². The fourth-order valence-corrected chi connectivity index (χ4v) is 13.5. The van der Waals surface area contributed by atoms with E-state index in [0.29, 0.717) is 58.3 Å². The summed E-state index contributed by atoms with van der Waals surface area (Å²) in [7, 11) is 0. The Kier molecular flexibility index (Phi) is 25.9. The number of aliphatic hydroxyl groups excluding tert-OH is 2. The first-order chi connectivity index (χ1) is 29.3. The highest BCUT2D eigenvalue weighted by atomic mass is 35.5. The lowest BCUT2D eigenvalue weighted by atomic mass is 10.0. The van der Waals surface area contributed by atoms with Gasteiger partial charge in [-0.2, -0.15) is 0 Å². The van der Waals surface area contributed by atoms with Crippen LogP contribution in [-0.2, 0) is 28.7 Å². The van der Waals surface area contributed by atoms with E-state index in [1.165, 1.54) is 5.01 Å². The largest absolute Gasteiger partial charge is 0.480 e. The number of likely N-dealkylation sites (N-methyl/N-ethyl adjacent to an activating group) is 2. The summed E-state index contributed by atoms with van der Waals surface area (Å²) in [4.78, 5) is 71.9. The van der Waals surface area contributed by atoms with Crippen LogP contribution in [0.5, 0.6) is 0 Å². The average molecular weight is 1010 g/mol. The Morgan fingerprint density at radius 2 is 1.08 bits per heavy atom. The average Bonchev–Trinajstić information content (AvgIpc) is 3.98. The van der Waals surface area contributed by atoms with Gasteiger partial charge < -0.3 is 46.5 Å². The lowest BCUT2D eigenvalue weighted by molar-refractivity contribution is -0.143. The minimum Gasteiger partial charge on any atom is -0.480 e. The third kappa shape index (κ3) is 20.0. The van der Waals surface area contributed by atoms with Crippen LogP contribution in [0.15, 0.2) is 0 Å². The van der Waals surface area contributed by atoms with Crippen LogP contribution in [0.3, 0.4) is 0 Å². The van der Waals surface area contributed by atoms with Crippen molar-refractivity contribution in [3.05, 3.63) is 0 Å². The summed E-state index contributed by atoms with van der Waals surface area (Å²) in [6, 6.07) is -2.46. The SMILES string of the molecule is CC(C)(C)OC(=O)NN1CC2(C[C@H]1C(=O)O)SCCS2.CCCC(N)C(O)C(=O)NCC.CCCC(NC(=O)[C@@H]1CC2(CN1NC(=O)OC(C)(C)C)SCCS2)C(O)C(=O)NCC.Cl. The summed E-state index contributed by atoms with van der Waals surface area (Å²) in [5, 5.41) is 40.2. The predicted molar refractivity (Wildman–Crippen MR) is 258 cm³/mol. The number of halogens is 1. The molecule has 0 saturated carbocycles. The van der Waals surface area contributed by atoms with E-state index in [4.69, 9.17) is 15.2 Å². The van der Waals surface area contributed by atoms with Gasteiger partial charge in [0.05, 0.1) is 14.2 Å². The molecule has 0 bridgehead atoms. The Morgan fingerprint density at radius 3 is 1.45 bits per heavy atom. The lowest BCUT2D eigenvalue weighted by Crippen LogP contribution is -2.57. The molecule has 4 aliphatic heterocycles. The van der Waals surface area contributed by atoms with E-state index < -0.39 is 71.6 Å². The number of aliphatic hydroxyl groups is 2. The number of nitrogens with two attached hydrogens (primary N) is 1. The first kappa shape index (κ1) is 59.9. The van der Waals surface area contributed by atoms with Gasteiger partial charge in [0, 0.05) is 61.7 Å². The Bertz CT molecular complexity index is 1520. The highest BCUT2D eigenvalue weighted by Gasteiger charge is 2.52. The molecule has 19 nitrogen and oxygen atoms in total. The molecular formula is C40H75ClN8O11S4. The minimum absolute atomic E-state index is 0. The van der Waals surface area contributed by atoms with Gasteiger partial charge in [0.15, 0.2) is 6.10 Å². The highest BCUT2D eigenvalue weighted by Crippen LogP contribution is 2.52. The van der Waals surface area contributed by atoms with Gasteiger partial charge in [-0.15, -0.1) is 59.5 Å². The maximum absolute atomic E-state index is 13.2. The van der Waals surface area contributed by atoms with E-state index in [9.17, 15) is 44.1 Å². The zero-order valence-electron chi connectivity index (χ0n) is 39.0. The quantitative estimate of drug-likeness (QED) is 0.114. The van der Waals surface area contributed by atoms with Gasteiger partial charge >= 0.3 is 18.2 Å². The number of carboxylic acids is 1. The first-order valence-corrected chi connectivity index (χ1v) is 25.6. The maximum atomic E-state index is 13.2. The molecule has 4 saturated heterocycles. The van der Waals surface area contributed by atoms with Gasteiger partial charge in [-0.3, -0.25) is 30.0 Å². The number of hydrogen-bond acceptors (Lipinski definition) is 17. The van der Waals surface area contributed by atoms with E-state index in [-0.39, 0.29) is 32.4 Å². The zero-order valence-corrected chi connectivity index (χ0v) is 43.1. The number of carbonyl (C=O) groups is 6. The van der Waals surface area contributed by atoms with Crippen LogP contribution in [0.4, 0.5) is 9.59 Å². The van der Waals surface area contributed by atoms with Crippen molar-refractivity contribution in [3.63, 3.8) is 0 Å². The molecule has 0 radical (unpaired) electrons. The van der Waals surface area contributed by atoms with Crippen LogP contribution in [0.25, 0.3) is 0 Å². The predicted octanol–water partition coefficient (Wildman–Crippen LogP) is 3.25. The van der Waals surface area contributed by atoms with Gasteiger partial charge in [0.25, 0.3) is 5.91 Å². The number of nitrogens with one attached hydrogen (secondary N) is 5. The third-order valence-electron chi connectivity index (χ3n) is 9.64. The van der Waals surface area contributed by atoms with Crippen molar-refractivity contribution in [3.8, 4) is 0 Å². The molecule has 24 heteroatoms. The maximum Gasteiger partial charge on any atom is 0.422 e. The molecule has 0 aromatic rings. The Hall–Kier alpha value is -2.09. The van der Waals surface area contributed by atoms with Crippen molar-refractivity contribution in [1.29, 1.82) is 0 Å². The van der Waals surface area contributed by atoms with Crippen molar-refractivity contribution in [1.82, 2.24) is 36.8 Å². The number of thioether (sulfide) groups is 4. The van der Waals surface area contributed by atoms with E-state index in [1.807, 2.05) is 13.8 Å². The van der Waals surface area contributed by atoms with Gasteiger partial charge in [0.2, 0.25) is 11.8 Å². The molecular weight excluding hydrogens is 932 g/mol. The molecule has 0 aliphatic carbocycles. The molecule has 10 N–H and O–H groups in total. The molecule has 64 heavy (non-hydrogen) atoms. The number of aliphatic carboxylic acids is 1. The number of carboxylic acid groups (broad SMARTS) is 1. The van der Waals surface area contributed by atoms with Crippen molar-refractivity contribution in [2.45, 2.75) is 163 Å². The lowest BCUT2D eigenvalue weighted by Gasteiger charge is -2.29. The van der Waals surface area contributed by atoms with Crippen molar-refractivity contribution in [2.75, 3.05) is 49.2 Å². The van der Waals surface area contributed by atoms with E-state index >= 15 is 0 Å². The number of nitrogens with zero attached hydrogens (tertiary/aromatic N) is 2. The van der Waals surface area contributed by atoms with Crippen molar-refractivity contribution >= 4 is 95.3 Å². The standard InChI is InChI=1S/C20H36N4O5S2.C12H20N2O4S2.C8H18N2O2.ClH/c1-6-8-13(15(25)17(27)21-7-2)22-16(26)14-11-20(30-9-10-31-20)12-24(14)23-18(28)29-19(3,4)5;1-11(2,3)18-10(17)13-14-7-12(19-4-5-20-12)6-8(14)9(15)16;1-3-5-6(9)7(11)8(12)10-4-2;/h13-15,25H,6-12H2,1-5H3,(H,21,27)(H,22,26)(H,23,28);8H,4-7H2,1-3H3,(H,13,17)(H,15,16);6-7,11H,3-5,9H2,1-2H3,(H,10,12);1H/t13?,14-,15?;8-;;/m00../s1. The molecule has 0 aromatic heterocycles. The summed E-state index contributed by atoms with van der Waals surface area (Å²) in [5.74, 6) is 1.93. The third-order valence-corrected chi connectivity index (χ3v) is 16.5. The summed E-state index contributed by atoms with van der Waals surface area (Å²) in [6.07, 6.45) is 0.180. The number of hydrogen-bond donors (Lipinski definition) is 9. The normalized spacial score (nSPS) is 22.0. The molecule has 4 heterocycles. The monoisotopic (exact) mass is 1010 g/mol. The topological polar surface area (TPSA) is 274 Å². The molecule has 4 rings (SSSR count). The second-order valence-corrected chi connectivity index (χ2v) is 23.9. The fourth-order valence-electron chi connectivity index (χ4n) is 6.94. The van der Waals surface area contributed by atoms with Crippen LogP contribution in [0.2, 0.25) is 0 Å². The Balaban J connectivity index is 0.000000531. The number of carbonyl (C=O) groups excluding carboxylic acids is 5. The smallest absolute Gasteiger partial charge is 0.422 e. The minimum atomic E-state index is -1.33. The van der Waals surface area contributed by atoms with Crippen LogP contribution in [-0.4, -0.2) is 166 Å². The second kappa shape index (κ2) is 27.7. The molecule has 6 atom stereocenters. The van der Waals surface area contributed by atoms with Gasteiger partial charge in [-0.05, 0) is 74.7 Å². The van der Waals surface area contributed by atoms with Gasteiger partial charge in [-0.25, -0.2) is 19.6 Å². The number of amides is 5. The molecule has 5 amide bonds. The second-order valence-electron chi connectivity index (χ2n) is 17.5. The molecule has 4 unspecified atom stereocenters. The van der Waals surface area contributed by atoms with Gasteiger partial charge in [0.1, 0.15) is 29.4 Å². The molecule has 4 fully saturated rings. The highest BCUT2D eigenvalue weighted by molar-refractivity contribution is 8.21. The van der Waals surface area contributed by atoms with Gasteiger partial charge in [-0.1, -0.05) is 26.7 Å². The summed E-state index contributed by atoms with van der Waals surface area (Å²) < 4.78 is 10.3. The summed E-state index contributed by atoms with van der Waals surface area (Å²) in [5.41, 5.74) is 9.61. The summed E-state index contributed by atoms with van der Waals surface area (Å²) >= 11 is 7.17. The first-order valence-electron chi connectivity index (χ1n) is 21.6. The number of ether oxygens (including phenoxy) is 2. The number of rotatable bonds is 15. The van der Waals surface area contributed by atoms with Crippen LogP contribution >= 0.6 is 59.5 Å². The zero-order chi connectivity index (χ0) is 47.8. The molecule has 0 aromatic carbocycles. The number of hydrazine groups is 2. The molecule has 372 valence electrons. The van der Waals surface area contributed by atoms with Crippen LogP contribution < -0.4 is 32.5 Å². The van der Waals surface area contributed by atoms with E-state index in [0.717, 1.165) is 29.4 Å². The van der Waals surface area contributed by atoms with Crippen molar-refractivity contribution < 1.29 is 53.6 Å². The van der Waals surface area contributed by atoms with Crippen molar-refractivity contribution in [2.24, 2.45) is 5.73 Å². The molecule has 2 spiro atoms. The fraction of sp³-hybridized carbons (Fsp3) is 0.850. The van der Waals surface area contributed by atoms with Crippen LogP contribution in [0, 0.1) is 0 Å². The summed E-state index contributed by atoms with van der Waals surface area (Å²) in [6.45, 7) is 20.1. The van der Waals surface area contributed by atoms with Crippen LogP contribution in [0.1, 0.15) is 108 Å². The Labute approximate surface area is 402 Å².